The zero-order valence-electron chi connectivity index (χ0n) is 7.26. The van der Waals surface area contributed by atoms with E-state index in [0.717, 1.165) is 12.0 Å². The zero-order chi connectivity index (χ0) is 9.84. The van der Waals surface area contributed by atoms with Crippen molar-refractivity contribution >= 4 is 5.69 Å². The van der Waals surface area contributed by atoms with Crippen LogP contribution in [0.4, 0.5) is 14.5 Å². The molecule has 2 N–H and O–H groups in total. The van der Waals surface area contributed by atoms with Crippen LogP contribution in [0.5, 0.6) is 5.75 Å². The van der Waals surface area contributed by atoms with Gasteiger partial charge in [-0.15, -0.1) is 0 Å². The third-order valence-corrected chi connectivity index (χ3v) is 1.70. The van der Waals surface area contributed by atoms with Crippen molar-refractivity contribution in [3.63, 3.8) is 0 Å². The first-order valence-corrected chi connectivity index (χ1v) is 3.96. The maximum absolute atomic E-state index is 11.8. The highest BCUT2D eigenvalue weighted by Crippen LogP contribution is 2.24. The van der Waals surface area contributed by atoms with Crippen LogP contribution in [0, 0.1) is 0 Å². The van der Waals surface area contributed by atoms with Gasteiger partial charge in [-0.3, -0.25) is 0 Å². The molecule has 0 heterocycles. The Morgan fingerprint density at radius 1 is 1.46 bits per heavy atom. The molecule has 13 heavy (non-hydrogen) atoms. The summed E-state index contributed by atoms with van der Waals surface area (Å²) in [6, 6.07) is 4.81. The number of hydrogen-bond acceptors (Lipinski definition) is 2. The number of benzene rings is 1. The zero-order valence-corrected chi connectivity index (χ0v) is 7.26. The summed E-state index contributed by atoms with van der Waals surface area (Å²) in [5.41, 5.74) is 6.74. The highest BCUT2D eigenvalue weighted by atomic mass is 19.3. The van der Waals surface area contributed by atoms with E-state index in [9.17, 15) is 8.78 Å². The van der Waals surface area contributed by atoms with Gasteiger partial charge in [-0.05, 0) is 24.1 Å². The van der Waals surface area contributed by atoms with E-state index in [0.29, 0.717) is 0 Å². The molecule has 0 bridgehead atoms. The molecule has 2 nitrogen and oxygen atoms in total. The third kappa shape index (κ3) is 2.57. The molecule has 0 aliphatic rings. The maximum atomic E-state index is 11.8. The van der Waals surface area contributed by atoms with Crippen LogP contribution >= 0.6 is 0 Å². The topological polar surface area (TPSA) is 35.2 Å². The Kier molecular flexibility index (Phi) is 3.06. The van der Waals surface area contributed by atoms with Gasteiger partial charge in [0.15, 0.2) is 0 Å². The van der Waals surface area contributed by atoms with Crippen molar-refractivity contribution in [3.05, 3.63) is 23.8 Å². The van der Waals surface area contributed by atoms with Gasteiger partial charge in [0.25, 0.3) is 0 Å². The molecule has 1 aromatic rings. The second-order valence-corrected chi connectivity index (χ2v) is 2.60. The number of hydrogen-bond donors (Lipinski definition) is 1. The van der Waals surface area contributed by atoms with Gasteiger partial charge in [0.2, 0.25) is 0 Å². The Labute approximate surface area is 75.3 Å². The normalized spacial score (nSPS) is 10.5. The number of aryl methyl sites for hydroxylation is 1. The van der Waals surface area contributed by atoms with Crippen LogP contribution in [0.25, 0.3) is 0 Å². The fourth-order valence-electron chi connectivity index (χ4n) is 1.02. The second kappa shape index (κ2) is 4.07. The summed E-state index contributed by atoms with van der Waals surface area (Å²) in [6.45, 7) is -0.864. The van der Waals surface area contributed by atoms with Gasteiger partial charge in [0.05, 0.1) is 5.69 Å². The molecule has 0 aliphatic carbocycles. The fraction of sp³-hybridized carbons (Fsp3) is 0.333. The molecular formula is C9H11F2NO. The lowest BCUT2D eigenvalue weighted by molar-refractivity contribution is -0.0493. The van der Waals surface area contributed by atoms with Crippen LogP contribution in [0.3, 0.4) is 0 Å². The fourth-order valence-corrected chi connectivity index (χ4v) is 1.02. The number of halogens is 2. The Hall–Kier alpha value is -1.32. The van der Waals surface area contributed by atoms with Gasteiger partial charge in [-0.2, -0.15) is 8.78 Å². The van der Waals surface area contributed by atoms with Gasteiger partial charge in [-0.25, -0.2) is 0 Å². The Morgan fingerprint density at radius 2 is 2.15 bits per heavy atom. The smallest absolute Gasteiger partial charge is 0.387 e. The Morgan fingerprint density at radius 3 is 2.62 bits per heavy atom. The average Bonchev–Trinajstić information content (AvgIpc) is 2.08. The molecule has 1 rings (SSSR count). The molecule has 0 spiro atoms. The molecule has 0 amide bonds. The molecule has 0 saturated heterocycles. The number of nitrogen functional groups attached to an aromatic ring is 1. The van der Waals surface area contributed by atoms with Crippen molar-refractivity contribution in [1.29, 1.82) is 0 Å². The number of rotatable bonds is 3. The SMILES string of the molecule is CCc1ccc(OC(F)F)c(N)c1. The van der Waals surface area contributed by atoms with Crippen molar-refractivity contribution in [3.8, 4) is 5.75 Å². The summed E-state index contributed by atoms with van der Waals surface area (Å²) in [4.78, 5) is 0. The number of ether oxygens (including phenoxy) is 1. The maximum Gasteiger partial charge on any atom is 0.387 e. The second-order valence-electron chi connectivity index (χ2n) is 2.60. The van der Waals surface area contributed by atoms with E-state index in [2.05, 4.69) is 4.74 Å². The predicted octanol–water partition coefficient (Wildman–Crippen LogP) is 2.43. The van der Waals surface area contributed by atoms with E-state index in [4.69, 9.17) is 5.73 Å². The van der Waals surface area contributed by atoms with Gasteiger partial charge >= 0.3 is 6.61 Å². The minimum absolute atomic E-state index is 0.0344. The van der Waals surface area contributed by atoms with E-state index in [1.54, 1.807) is 12.1 Å². The van der Waals surface area contributed by atoms with Crippen molar-refractivity contribution in [2.75, 3.05) is 5.73 Å². The number of alkyl halides is 2. The van der Waals surface area contributed by atoms with Gasteiger partial charge < -0.3 is 10.5 Å². The highest BCUT2D eigenvalue weighted by Gasteiger charge is 2.07. The minimum atomic E-state index is -2.82. The van der Waals surface area contributed by atoms with Crippen LogP contribution in [0.15, 0.2) is 18.2 Å². The van der Waals surface area contributed by atoms with E-state index < -0.39 is 6.61 Å². The van der Waals surface area contributed by atoms with E-state index in [1.165, 1.54) is 6.07 Å². The summed E-state index contributed by atoms with van der Waals surface area (Å²) < 4.78 is 27.8. The average molecular weight is 187 g/mol. The highest BCUT2D eigenvalue weighted by molar-refractivity contribution is 5.54. The lowest BCUT2D eigenvalue weighted by atomic mass is 10.1. The standard InChI is InChI=1S/C9H11F2NO/c1-2-6-3-4-8(7(12)5-6)13-9(10)11/h3-5,9H,2,12H2,1H3. The summed E-state index contributed by atoms with van der Waals surface area (Å²) in [6.07, 6.45) is 0.819. The van der Waals surface area contributed by atoms with E-state index >= 15 is 0 Å². The van der Waals surface area contributed by atoms with Crippen LogP contribution in [-0.4, -0.2) is 6.61 Å². The monoisotopic (exact) mass is 187 g/mol. The molecule has 0 aromatic heterocycles. The molecule has 72 valence electrons. The van der Waals surface area contributed by atoms with Crippen molar-refractivity contribution in [1.82, 2.24) is 0 Å². The number of anilines is 1. The lowest BCUT2D eigenvalue weighted by Gasteiger charge is -2.08. The largest absolute Gasteiger partial charge is 0.433 e. The summed E-state index contributed by atoms with van der Waals surface area (Å²) in [7, 11) is 0. The van der Waals surface area contributed by atoms with Crippen molar-refractivity contribution in [2.24, 2.45) is 0 Å². The van der Waals surface area contributed by atoms with E-state index in [-0.39, 0.29) is 11.4 Å². The van der Waals surface area contributed by atoms with Crippen LogP contribution in [0.1, 0.15) is 12.5 Å². The molecule has 0 radical (unpaired) electrons. The van der Waals surface area contributed by atoms with Crippen molar-refractivity contribution in [2.45, 2.75) is 20.0 Å². The first-order chi connectivity index (χ1) is 6.13. The lowest BCUT2D eigenvalue weighted by Crippen LogP contribution is -2.04. The van der Waals surface area contributed by atoms with E-state index in [1.807, 2.05) is 6.92 Å². The van der Waals surface area contributed by atoms with Crippen LogP contribution in [-0.2, 0) is 6.42 Å². The van der Waals surface area contributed by atoms with Crippen molar-refractivity contribution < 1.29 is 13.5 Å². The first kappa shape index (κ1) is 9.77. The molecule has 1 aromatic carbocycles. The molecule has 0 atom stereocenters. The van der Waals surface area contributed by atoms with Crippen LogP contribution < -0.4 is 10.5 Å². The molecule has 0 fully saturated rings. The predicted molar refractivity (Wildman–Crippen MR) is 46.9 cm³/mol. The third-order valence-electron chi connectivity index (χ3n) is 1.70. The van der Waals surface area contributed by atoms with Gasteiger partial charge in [-0.1, -0.05) is 13.0 Å². The Balaban J connectivity index is 2.85. The molecule has 0 aliphatic heterocycles. The molecule has 0 saturated carbocycles. The minimum Gasteiger partial charge on any atom is -0.433 e. The number of nitrogens with two attached hydrogens (primary N) is 1. The molecule has 4 heteroatoms. The van der Waals surface area contributed by atoms with Crippen LogP contribution in [0.2, 0.25) is 0 Å². The van der Waals surface area contributed by atoms with Gasteiger partial charge in [0, 0.05) is 0 Å². The quantitative estimate of drug-likeness (QED) is 0.737. The molecule has 0 unspecified atom stereocenters. The Bertz CT molecular complexity index is 289. The van der Waals surface area contributed by atoms with Gasteiger partial charge in [0.1, 0.15) is 5.75 Å². The summed E-state index contributed by atoms with van der Waals surface area (Å²) in [5.74, 6) is 0.0344. The first-order valence-electron chi connectivity index (χ1n) is 3.96. The summed E-state index contributed by atoms with van der Waals surface area (Å²) in [5, 5.41) is 0. The summed E-state index contributed by atoms with van der Waals surface area (Å²) >= 11 is 0. The molecular weight excluding hydrogens is 176 g/mol.